The molecule has 3 rings (SSSR count). The number of alkyl halides is 2. The molecule has 0 aliphatic carbocycles. The molecular formula is C22H21F2N3OS. The van der Waals surface area contributed by atoms with Crippen LogP contribution in [0.2, 0.25) is 0 Å². The number of hydrazine groups is 1. The Morgan fingerprint density at radius 3 is 2.45 bits per heavy atom. The van der Waals surface area contributed by atoms with E-state index in [4.69, 9.17) is 17.0 Å². The Hall–Kier alpha value is -3.19. The Bertz CT molecular complexity index is 996. The number of fused-ring (bicyclic) bond motifs is 1. The molecule has 0 aliphatic rings. The fourth-order valence-electron chi connectivity index (χ4n) is 2.91. The van der Waals surface area contributed by atoms with Crippen LogP contribution in [0, 0.1) is 0 Å². The number of hydrogen-bond acceptors (Lipinski definition) is 3. The van der Waals surface area contributed by atoms with E-state index in [1.807, 2.05) is 48.5 Å². The molecule has 0 aliphatic heterocycles. The van der Waals surface area contributed by atoms with Crippen LogP contribution in [-0.2, 0) is 6.42 Å². The lowest BCUT2D eigenvalue weighted by molar-refractivity contribution is -0.0489. The van der Waals surface area contributed by atoms with Crippen LogP contribution >= 0.6 is 12.2 Å². The summed E-state index contributed by atoms with van der Waals surface area (Å²) in [4.78, 5) is 0. The molecule has 0 bridgehead atoms. The van der Waals surface area contributed by atoms with E-state index in [2.05, 4.69) is 22.7 Å². The third-order valence-corrected chi connectivity index (χ3v) is 4.53. The van der Waals surface area contributed by atoms with E-state index in [0.717, 1.165) is 11.8 Å². The first-order valence-corrected chi connectivity index (χ1v) is 9.45. The Morgan fingerprint density at radius 2 is 1.69 bits per heavy atom. The molecule has 0 heterocycles. The molecule has 0 radical (unpaired) electrons. The maximum Gasteiger partial charge on any atom is 0.387 e. The molecule has 0 saturated heterocycles. The van der Waals surface area contributed by atoms with Crippen molar-refractivity contribution in [3.05, 3.63) is 84.4 Å². The molecule has 4 nitrogen and oxygen atoms in total. The van der Waals surface area contributed by atoms with Gasteiger partial charge in [0.05, 0.1) is 5.70 Å². The molecule has 150 valence electrons. The van der Waals surface area contributed by atoms with Gasteiger partial charge >= 0.3 is 6.61 Å². The van der Waals surface area contributed by atoms with Crippen molar-refractivity contribution in [2.45, 2.75) is 13.0 Å². The van der Waals surface area contributed by atoms with Crippen molar-refractivity contribution in [3.63, 3.8) is 0 Å². The van der Waals surface area contributed by atoms with Crippen molar-refractivity contribution in [2.75, 3.05) is 6.54 Å². The summed E-state index contributed by atoms with van der Waals surface area (Å²) in [6.07, 6.45) is 0.820. The Balaban J connectivity index is 1.61. The smallest absolute Gasteiger partial charge is 0.387 e. The maximum absolute atomic E-state index is 13.0. The van der Waals surface area contributed by atoms with Gasteiger partial charge in [-0.25, -0.2) is 0 Å². The molecule has 0 unspecified atom stereocenters. The molecule has 3 N–H and O–H groups in total. The summed E-state index contributed by atoms with van der Waals surface area (Å²) in [7, 11) is 0. The minimum Gasteiger partial charge on any atom is -0.433 e. The second-order valence-corrected chi connectivity index (χ2v) is 6.67. The molecular weight excluding hydrogens is 392 g/mol. The first kappa shape index (κ1) is 20.5. The Morgan fingerprint density at radius 1 is 0.966 bits per heavy atom. The van der Waals surface area contributed by atoms with Crippen LogP contribution in [0.15, 0.2) is 73.3 Å². The van der Waals surface area contributed by atoms with E-state index in [-0.39, 0.29) is 5.75 Å². The summed E-state index contributed by atoms with van der Waals surface area (Å²) in [6, 6.07) is 20.7. The third kappa shape index (κ3) is 5.65. The first-order valence-electron chi connectivity index (χ1n) is 9.04. The number of ether oxygens (including phenoxy) is 1. The first-order chi connectivity index (χ1) is 14.0. The summed E-state index contributed by atoms with van der Waals surface area (Å²) in [6.45, 7) is 1.62. The molecule has 0 amide bonds. The van der Waals surface area contributed by atoms with Crippen molar-refractivity contribution >= 4 is 33.8 Å². The van der Waals surface area contributed by atoms with Gasteiger partial charge in [-0.1, -0.05) is 67.2 Å². The molecule has 29 heavy (non-hydrogen) atoms. The SMILES string of the molecule is C=C(NNC(=S)NCCc1ccccc1)c1ccc2ccccc2c1OC(F)F. The molecule has 0 saturated carbocycles. The van der Waals surface area contributed by atoms with Gasteiger partial charge < -0.3 is 10.1 Å². The second kappa shape index (κ2) is 9.84. The lowest BCUT2D eigenvalue weighted by Gasteiger charge is -2.18. The van der Waals surface area contributed by atoms with E-state index in [1.54, 1.807) is 18.2 Å². The number of benzene rings is 3. The van der Waals surface area contributed by atoms with Crippen LogP contribution in [0.25, 0.3) is 16.5 Å². The van der Waals surface area contributed by atoms with Crippen LogP contribution in [0.5, 0.6) is 5.75 Å². The Labute approximate surface area is 173 Å². The highest BCUT2D eigenvalue weighted by Crippen LogP contribution is 2.33. The third-order valence-electron chi connectivity index (χ3n) is 4.28. The fourth-order valence-corrected chi connectivity index (χ4v) is 3.06. The number of rotatable bonds is 8. The van der Waals surface area contributed by atoms with Crippen LogP contribution < -0.4 is 20.9 Å². The lowest BCUT2D eigenvalue weighted by Crippen LogP contribution is -2.43. The van der Waals surface area contributed by atoms with Gasteiger partial charge in [0.25, 0.3) is 0 Å². The van der Waals surface area contributed by atoms with Gasteiger partial charge in [-0.2, -0.15) is 8.78 Å². The lowest BCUT2D eigenvalue weighted by atomic mass is 10.0. The molecule has 0 atom stereocenters. The van der Waals surface area contributed by atoms with Gasteiger partial charge in [-0.3, -0.25) is 10.9 Å². The van der Waals surface area contributed by atoms with Gasteiger partial charge in [0.15, 0.2) is 5.11 Å². The van der Waals surface area contributed by atoms with Crippen molar-refractivity contribution in [2.24, 2.45) is 0 Å². The van der Waals surface area contributed by atoms with Crippen molar-refractivity contribution in [1.82, 2.24) is 16.2 Å². The van der Waals surface area contributed by atoms with Crippen LogP contribution in [-0.4, -0.2) is 18.3 Å². The standard InChI is InChI=1S/C22H21F2N3OS/c1-15(26-27-22(29)25-14-13-16-7-3-2-4-8-16)18-12-11-17-9-5-6-10-19(17)20(18)28-21(23)24/h2-12,21,26H,1,13-14H2,(H2,25,27,29). The van der Waals surface area contributed by atoms with E-state index >= 15 is 0 Å². The highest BCUT2D eigenvalue weighted by atomic mass is 32.1. The van der Waals surface area contributed by atoms with E-state index in [9.17, 15) is 8.78 Å². The Kier molecular flexibility index (Phi) is 6.97. The van der Waals surface area contributed by atoms with Crippen molar-refractivity contribution < 1.29 is 13.5 Å². The van der Waals surface area contributed by atoms with Crippen LogP contribution in [0.4, 0.5) is 8.78 Å². The average Bonchev–Trinajstić information content (AvgIpc) is 2.72. The molecule has 3 aromatic rings. The molecule has 3 aromatic carbocycles. The molecule has 0 aromatic heterocycles. The van der Waals surface area contributed by atoms with Crippen LogP contribution in [0.3, 0.4) is 0 Å². The largest absolute Gasteiger partial charge is 0.433 e. The summed E-state index contributed by atoms with van der Waals surface area (Å²) >= 11 is 5.24. The van der Waals surface area contributed by atoms with Crippen molar-refractivity contribution in [1.29, 1.82) is 0 Å². The maximum atomic E-state index is 13.0. The van der Waals surface area contributed by atoms with Gasteiger partial charge in [0.2, 0.25) is 0 Å². The quantitative estimate of drug-likeness (QED) is 0.371. The molecule has 0 spiro atoms. The predicted molar refractivity (Wildman–Crippen MR) is 117 cm³/mol. The number of thiocarbonyl (C=S) groups is 1. The minimum absolute atomic E-state index is 0.0698. The van der Waals surface area contributed by atoms with Gasteiger partial charge in [-0.15, -0.1) is 0 Å². The van der Waals surface area contributed by atoms with Gasteiger partial charge in [-0.05, 0) is 35.7 Å². The normalized spacial score (nSPS) is 10.6. The number of nitrogens with one attached hydrogen (secondary N) is 3. The monoisotopic (exact) mass is 413 g/mol. The molecule has 0 fully saturated rings. The van der Waals surface area contributed by atoms with E-state index < -0.39 is 6.61 Å². The van der Waals surface area contributed by atoms with E-state index in [1.165, 1.54) is 5.56 Å². The molecule has 7 heteroatoms. The minimum atomic E-state index is -2.94. The summed E-state index contributed by atoms with van der Waals surface area (Å²) < 4.78 is 30.7. The summed E-state index contributed by atoms with van der Waals surface area (Å²) in [5, 5.41) is 4.83. The highest BCUT2D eigenvalue weighted by molar-refractivity contribution is 7.80. The zero-order chi connectivity index (χ0) is 20.6. The number of hydrogen-bond donors (Lipinski definition) is 3. The summed E-state index contributed by atoms with van der Waals surface area (Å²) in [5.74, 6) is 0.0698. The zero-order valence-corrected chi connectivity index (χ0v) is 16.4. The summed E-state index contributed by atoms with van der Waals surface area (Å²) in [5.41, 5.74) is 7.66. The van der Waals surface area contributed by atoms with Crippen LogP contribution in [0.1, 0.15) is 11.1 Å². The topological polar surface area (TPSA) is 45.3 Å². The van der Waals surface area contributed by atoms with Gasteiger partial charge in [0, 0.05) is 17.5 Å². The second-order valence-electron chi connectivity index (χ2n) is 6.26. The predicted octanol–water partition coefficient (Wildman–Crippen LogP) is 4.62. The van der Waals surface area contributed by atoms with E-state index in [0.29, 0.717) is 28.3 Å². The number of halogens is 2. The van der Waals surface area contributed by atoms with Crippen molar-refractivity contribution in [3.8, 4) is 5.75 Å². The average molecular weight is 413 g/mol. The highest BCUT2D eigenvalue weighted by Gasteiger charge is 2.15. The fraction of sp³-hybridized carbons (Fsp3) is 0.136. The van der Waals surface area contributed by atoms with Gasteiger partial charge in [0.1, 0.15) is 5.75 Å². The zero-order valence-electron chi connectivity index (χ0n) is 15.6.